The van der Waals surface area contributed by atoms with E-state index in [0.717, 1.165) is 10.6 Å². The molecule has 35 heavy (non-hydrogen) atoms. The normalized spacial score (nSPS) is 30.4. The fraction of sp³-hybridized carbons (Fsp3) is 0.667. The predicted octanol–water partition coefficient (Wildman–Crippen LogP) is 8.36. The average molecular weight is 624 g/mol. The minimum absolute atomic E-state index is 0. The molecule has 0 bridgehead atoms. The molecule has 3 nitrogen and oxygen atoms in total. The van der Waals surface area contributed by atoms with Crippen LogP contribution >= 0.6 is 15.8 Å². The SMILES string of the molecule is C1=CCC/C=C\CC1.C[C@H]1CC[C@H](C)P1C1=C(P2[C@@H](C)CC[C@@H]2C)C(=O)OC1=O.F[B-](F)(F)F.[Rh]. The maximum Gasteiger partial charge on any atom is 0.673 e. The van der Waals surface area contributed by atoms with Crippen LogP contribution in [0.15, 0.2) is 34.9 Å². The van der Waals surface area contributed by atoms with Gasteiger partial charge < -0.3 is 22.0 Å². The number of hydrogen-bond acceptors (Lipinski definition) is 3. The van der Waals surface area contributed by atoms with E-state index in [-0.39, 0.29) is 31.4 Å². The molecule has 1 radical (unpaired) electrons. The third kappa shape index (κ3) is 10.1. The molecule has 0 spiro atoms. The van der Waals surface area contributed by atoms with E-state index in [4.69, 9.17) is 4.74 Å². The van der Waals surface area contributed by atoms with Crippen LogP contribution in [0.25, 0.3) is 0 Å². The fourth-order valence-corrected chi connectivity index (χ4v) is 12.0. The van der Waals surface area contributed by atoms with Gasteiger partial charge in [-0.1, -0.05) is 67.8 Å². The van der Waals surface area contributed by atoms with E-state index in [1.807, 2.05) is 0 Å². The minimum Gasteiger partial charge on any atom is -0.418 e. The number of hydrogen-bond donors (Lipinski definition) is 0. The van der Waals surface area contributed by atoms with Crippen LogP contribution in [-0.4, -0.2) is 41.8 Å². The molecule has 201 valence electrons. The van der Waals surface area contributed by atoms with Gasteiger partial charge in [0.1, 0.15) is 0 Å². The monoisotopic (exact) mass is 624 g/mol. The average Bonchev–Trinajstić information content (AvgIpc) is 3.28. The Bertz CT molecular complexity index is 723. The Labute approximate surface area is 222 Å². The van der Waals surface area contributed by atoms with Crippen molar-refractivity contribution in [3.8, 4) is 0 Å². The van der Waals surface area contributed by atoms with E-state index in [2.05, 4.69) is 52.0 Å². The van der Waals surface area contributed by atoms with Crippen molar-refractivity contribution in [2.75, 3.05) is 0 Å². The molecule has 0 aromatic rings. The van der Waals surface area contributed by atoms with Gasteiger partial charge in [0.05, 0.1) is 10.6 Å². The van der Waals surface area contributed by atoms with Gasteiger partial charge in [-0.15, -0.1) is 0 Å². The van der Waals surface area contributed by atoms with Crippen molar-refractivity contribution in [3.63, 3.8) is 0 Å². The number of carbonyl (C=O) groups is 2. The summed E-state index contributed by atoms with van der Waals surface area (Å²) in [6.07, 6.45) is 18.7. The second kappa shape index (κ2) is 15.1. The van der Waals surface area contributed by atoms with Crippen LogP contribution in [0, 0.1) is 0 Å². The molecule has 3 heterocycles. The molecule has 11 heteroatoms. The van der Waals surface area contributed by atoms with Crippen LogP contribution in [-0.2, 0) is 33.8 Å². The van der Waals surface area contributed by atoms with E-state index in [0.29, 0.717) is 22.6 Å². The second-order valence-electron chi connectivity index (χ2n) is 9.33. The van der Waals surface area contributed by atoms with Gasteiger partial charge in [-0.25, -0.2) is 9.59 Å². The van der Waals surface area contributed by atoms with E-state index in [1.54, 1.807) is 0 Å². The summed E-state index contributed by atoms with van der Waals surface area (Å²) in [5.74, 6) is -0.619. The van der Waals surface area contributed by atoms with Crippen LogP contribution in [0.2, 0.25) is 0 Å². The van der Waals surface area contributed by atoms with Crippen LogP contribution in [0.1, 0.15) is 79.1 Å². The summed E-state index contributed by atoms with van der Waals surface area (Å²) in [6, 6.07) is 0. The summed E-state index contributed by atoms with van der Waals surface area (Å²) in [4.78, 5) is 24.7. The molecule has 0 amide bonds. The van der Waals surface area contributed by atoms with E-state index in [9.17, 15) is 26.9 Å². The van der Waals surface area contributed by atoms with Crippen LogP contribution in [0.5, 0.6) is 0 Å². The van der Waals surface area contributed by atoms with Crippen molar-refractivity contribution in [2.45, 2.75) is 102 Å². The Balaban J connectivity index is 0.000000363. The largest absolute Gasteiger partial charge is 0.673 e. The summed E-state index contributed by atoms with van der Waals surface area (Å²) in [5, 5.41) is 1.67. The van der Waals surface area contributed by atoms with E-state index < -0.39 is 23.1 Å². The standard InChI is InChI=1S/C16H24O3P2.C8H12.BF4.Rh/c1-9-5-6-10(2)20(9)13-14(16(18)19-15(13)17)21-11(3)7-8-12(21)4;1-2-4-6-8-7-5-3-1;2-1(3,4)5;/h9-12H,5-8H2,1-4H3;1-2,7-8H,3-6H2;;/q;;-1;/b;2-1-,8-7?;;/t9-,10-,11-,12-;;;/m0.../s1. The Morgan fingerprint density at radius 1 is 0.657 bits per heavy atom. The Hall–Kier alpha value is -0.372. The molecule has 2 saturated heterocycles. The summed E-state index contributed by atoms with van der Waals surface area (Å²) in [6.45, 7) is 8.96. The number of allylic oxidation sites excluding steroid dienone is 4. The second-order valence-corrected chi connectivity index (χ2v) is 15.4. The topological polar surface area (TPSA) is 43.4 Å². The molecule has 3 aliphatic heterocycles. The molecule has 4 atom stereocenters. The first-order chi connectivity index (χ1) is 15.9. The van der Waals surface area contributed by atoms with Crippen molar-refractivity contribution in [1.29, 1.82) is 0 Å². The molecule has 0 N–H and O–H groups in total. The summed E-state index contributed by atoms with van der Waals surface area (Å²) >= 11 is 0. The van der Waals surface area contributed by atoms with Crippen molar-refractivity contribution in [2.24, 2.45) is 0 Å². The zero-order chi connectivity index (χ0) is 25.5. The fourth-order valence-electron chi connectivity index (χ4n) is 4.96. The first kappa shape index (κ1) is 32.7. The third-order valence-electron chi connectivity index (χ3n) is 6.55. The number of esters is 2. The molecule has 0 aromatic carbocycles. The zero-order valence-electron chi connectivity index (χ0n) is 20.8. The zero-order valence-corrected chi connectivity index (χ0v) is 24.2. The van der Waals surface area contributed by atoms with Crippen molar-refractivity contribution < 1.29 is 51.1 Å². The minimum atomic E-state index is -6.00. The molecular weight excluding hydrogens is 588 g/mol. The summed E-state index contributed by atoms with van der Waals surface area (Å²) in [7, 11) is -7.06. The van der Waals surface area contributed by atoms with Crippen molar-refractivity contribution in [3.05, 3.63) is 34.9 Å². The molecule has 4 rings (SSSR count). The van der Waals surface area contributed by atoms with Crippen LogP contribution < -0.4 is 0 Å². The number of rotatable bonds is 2. The molecule has 2 fully saturated rings. The Kier molecular flexibility index (Phi) is 14.1. The third-order valence-corrected chi connectivity index (χ3v) is 13.4. The van der Waals surface area contributed by atoms with Gasteiger partial charge in [0, 0.05) is 19.5 Å². The molecular formula is C24H36BF4O3P2Rh-. The summed E-state index contributed by atoms with van der Waals surface area (Å²) in [5.41, 5.74) is 2.17. The maximum absolute atomic E-state index is 12.4. The summed E-state index contributed by atoms with van der Waals surface area (Å²) < 4.78 is 44.1. The van der Waals surface area contributed by atoms with Gasteiger partial charge in [0.15, 0.2) is 0 Å². The van der Waals surface area contributed by atoms with E-state index in [1.165, 1.54) is 51.4 Å². The first-order valence-electron chi connectivity index (χ1n) is 12.2. The predicted molar refractivity (Wildman–Crippen MR) is 135 cm³/mol. The van der Waals surface area contributed by atoms with Crippen LogP contribution in [0.3, 0.4) is 0 Å². The quantitative estimate of drug-likeness (QED) is 0.0775. The van der Waals surface area contributed by atoms with Gasteiger partial charge in [-0.3, -0.25) is 0 Å². The van der Waals surface area contributed by atoms with Gasteiger partial charge in [-0.05, 0) is 74.0 Å². The van der Waals surface area contributed by atoms with Crippen molar-refractivity contribution >= 4 is 35.0 Å². The molecule has 0 unspecified atom stereocenters. The number of halogens is 4. The number of cyclic esters (lactones) is 2. The van der Waals surface area contributed by atoms with Gasteiger partial charge in [0.2, 0.25) is 0 Å². The van der Waals surface area contributed by atoms with Gasteiger partial charge in [-0.2, -0.15) is 0 Å². The molecule has 0 saturated carbocycles. The number of carbonyl (C=O) groups excluding carboxylic acids is 2. The molecule has 1 aliphatic carbocycles. The maximum atomic E-state index is 12.4. The molecule has 0 aromatic heterocycles. The molecule has 4 aliphatic rings. The number of ether oxygens (including phenoxy) is 1. The van der Waals surface area contributed by atoms with Gasteiger partial charge >= 0.3 is 19.2 Å². The Morgan fingerprint density at radius 3 is 1.11 bits per heavy atom. The van der Waals surface area contributed by atoms with Gasteiger partial charge in [0.25, 0.3) is 0 Å². The first-order valence-corrected chi connectivity index (χ1v) is 15.1. The Morgan fingerprint density at radius 2 is 0.886 bits per heavy atom. The smallest absolute Gasteiger partial charge is 0.418 e. The van der Waals surface area contributed by atoms with Crippen molar-refractivity contribution in [1.82, 2.24) is 0 Å². The van der Waals surface area contributed by atoms with Crippen LogP contribution in [0.4, 0.5) is 17.3 Å². The van der Waals surface area contributed by atoms with E-state index >= 15 is 0 Å².